The maximum absolute atomic E-state index is 12.8. The smallest absolute Gasteiger partial charge is 0.263 e. The molecule has 0 aliphatic carbocycles. The number of nitrogens with one attached hydrogen (secondary N) is 1. The fourth-order valence-corrected chi connectivity index (χ4v) is 7.15. The van der Waals surface area contributed by atoms with E-state index in [1.54, 1.807) is 17.1 Å². The van der Waals surface area contributed by atoms with Crippen LogP contribution in [-0.4, -0.2) is 32.2 Å². The zero-order valence-corrected chi connectivity index (χ0v) is 22.1. The minimum atomic E-state index is -3.88. The SMILES string of the molecule is COc1cc(S(=O)(=O)Nc2nc(-c3ccc(N4C(=O)CSC4c4ccccc4)cc3)cs2)ccc1Cl. The third kappa shape index (κ3) is 4.94. The molecular formula is C25H20ClN3O4S3. The molecule has 0 radical (unpaired) electrons. The summed E-state index contributed by atoms with van der Waals surface area (Å²) in [6.45, 7) is 0. The molecule has 7 nitrogen and oxygen atoms in total. The molecule has 1 amide bonds. The molecule has 2 heterocycles. The second-order valence-electron chi connectivity index (χ2n) is 7.82. The van der Waals surface area contributed by atoms with Crippen LogP contribution in [-0.2, 0) is 14.8 Å². The number of halogens is 1. The zero-order valence-electron chi connectivity index (χ0n) is 18.9. The number of carbonyl (C=O) groups excluding carboxylic acids is 1. The van der Waals surface area contributed by atoms with Crippen molar-refractivity contribution in [2.75, 3.05) is 22.5 Å². The molecule has 1 atom stereocenters. The van der Waals surface area contributed by atoms with Gasteiger partial charge in [-0.05, 0) is 29.8 Å². The highest BCUT2D eigenvalue weighted by Crippen LogP contribution is 2.42. The zero-order chi connectivity index (χ0) is 25.3. The number of anilines is 2. The van der Waals surface area contributed by atoms with Crippen molar-refractivity contribution in [3.8, 4) is 17.0 Å². The summed E-state index contributed by atoms with van der Waals surface area (Å²) in [7, 11) is -2.45. The van der Waals surface area contributed by atoms with E-state index >= 15 is 0 Å². The van der Waals surface area contributed by atoms with Crippen molar-refractivity contribution in [1.82, 2.24) is 4.98 Å². The maximum atomic E-state index is 12.8. The van der Waals surface area contributed by atoms with Crippen LogP contribution in [0.5, 0.6) is 5.75 Å². The van der Waals surface area contributed by atoms with Gasteiger partial charge in [-0.3, -0.25) is 14.4 Å². The largest absolute Gasteiger partial charge is 0.495 e. The van der Waals surface area contributed by atoms with Gasteiger partial charge in [0.05, 0.1) is 28.5 Å². The summed E-state index contributed by atoms with van der Waals surface area (Å²) >= 11 is 8.79. The molecule has 1 unspecified atom stereocenters. The van der Waals surface area contributed by atoms with E-state index in [1.165, 1.54) is 36.6 Å². The number of methoxy groups -OCH3 is 1. The first-order valence-electron chi connectivity index (χ1n) is 10.8. The molecule has 1 aromatic heterocycles. The number of hydrogen-bond donors (Lipinski definition) is 1. The van der Waals surface area contributed by atoms with E-state index < -0.39 is 10.0 Å². The van der Waals surface area contributed by atoms with E-state index in [0.29, 0.717) is 16.5 Å². The van der Waals surface area contributed by atoms with Gasteiger partial charge in [-0.2, -0.15) is 0 Å². The van der Waals surface area contributed by atoms with Gasteiger partial charge < -0.3 is 4.74 Å². The van der Waals surface area contributed by atoms with Crippen molar-refractivity contribution in [2.24, 2.45) is 0 Å². The number of sulfonamides is 1. The lowest BCUT2D eigenvalue weighted by molar-refractivity contribution is -0.115. The topological polar surface area (TPSA) is 88.6 Å². The molecule has 3 aromatic carbocycles. The molecule has 0 saturated carbocycles. The standard InChI is InChI=1S/C25H20ClN3O4S3/c1-33-22-13-19(11-12-20(22)26)36(31,32)28-25-27-21(14-35-25)16-7-9-18(10-8-16)29-23(30)15-34-24(29)17-5-3-2-4-6-17/h2-14,24H,15H2,1H3,(H,27,28). The number of thiazole rings is 1. The molecule has 1 fully saturated rings. The summed E-state index contributed by atoms with van der Waals surface area (Å²) in [5.74, 6) is 0.755. The molecule has 0 spiro atoms. The number of rotatable bonds is 7. The summed E-state index contributed by atoms with van der Waals surface area (Å²) < 4.78 is 33.3. The summed E-state index contributed by atoms with van der Waals surface area (Å²) in [5, 5.41) is 2.26. The Balaban J connectivity index is 1.34. The first-order chi connectivity index (χ1) is 17.4. The van der Waals surface area contributed by atoms with Crippen LogP contribution in [0.4, 0.5) is 10.8 Å². The van der Waals surface area contributed by atoms with Gasteiger partial charge in [0.25, 0.3) is 10.0 Å². The second-order valence-corrected chi connectivity index (χ2v) is 11.8. The van der Waals surface area contributed by atoms with Crippen molar-refractivity contribution in [3.05, 3.63) is 88.8 Å². The van der Waals surface area contributed by atoms with Gasteiger partial charge in [0.2, 0.25) is 5.91 Å². The van der Waals surface area contributed by atoms with Crippen LogP contribution >= 0.6 is 34.7 Å². The fraction of sp³-hybridized carbons (Fsp3) is 0.120. The normalized spacial score (nSPS) is 15.8. The molecule has 1 aliphatic heterocycles. The highest BCUT2D eigenvalue weighted by atomic mass is 35.5. The van der Waals surface area contributed by atoms with Gasteiger partial charge in [0.15, 0.2) is 5.13 Å². The number of aromatic nitrogens is 1. The predicted molar refractivity (Wildman–Crippen MR) is 145 cm³/mol. The van der Waals surface area contributed by atoms with Crippen molar-refractivity contribution < 1.29 is 17.9 Å². The number of amides is 1. The lowest BCUT2D eigenvalue weighted by Gasteiger charge is -2.24. The Kier molecular flexibility index (Phi) is 6.94. The van der Waals surface area contributed by atoms with Gasteiger partial charge in [-0.25, -0.2) is 13.4 Å². The maximum Gasteiger partial charge on any atom is 0.263 e. The van der Waals surface area contributed by atoms with E-state index in [4.69, 9.17) is 16.3 Å². The number of ether oxygens (including phenoxy) is 1. The van der Waals surface area contributed by atoms with Crippen LogP contribution in [0.3, 0.4) is 0 Å². The van der Waals surface area contributed by atoms with Crippen LogP contribution in [0.15, 0.2) is 83.1 Å². The lowest BCUT2D eigenvalue weighted by atomic mass is 10.1. The van der Waals surface area contributed by atoms with Crippen LogP contribution in [0.2, 0.25) is 5.02 Å². The molecule has 1 aliphatic rings. The summed E-state index contributed by atoms with van der Waals surface area (Å²) in [6, 6.07) is 21.7. The minimum absolute atomic E-state index is 0.0194. The molecule has 4 aromatic rings. The van der Waals surface area contributed by atoms with E-state index in [1.807, 2.05) is 59.5 Å². The summed E-state index contributed by atoms with van der Waals surface area (Å²) in [4.78, 5) is 18.9. The van der Waals surface area contributed by atoms with Crippen LogP contribution in [0.25, 0.3) is 11.3 Å². The molecule has 184 valence electrons. The average Bonchev–Trinajstić information content (AvgIpc) is 3.51. The monoisotopic (exact) mass is 557 g/mol. The molecule has 11 heteroatoms. The Hall–Kier alpha value is -3.05. The number of benzene rings is 3. The Morgan fingerprint density at radius 3 is 2.56 bits per heavy atom. The third-order valence-corrected chi connectivity index (χ3v) is 9.30. The van der Waals surface area contributed by atoms with Crippen molar-refractivity contribution in [1.29, 1.82) is 0 Å². The molecule has 0 bridgehead atoms. The van der Waals surface area contributed by atoms with E-state index in [2.05, 4.69) is 9.71 Å². The van der Waals surface area contributed by atoms with Crippen LogP contribution in [0, 0.1) is 0 Å². The molecule has 5 rings (SSSR count). The van der Waals surface area contributed by atoms with Gasteiger partial charge >= 0.3 is 0 Å². The molecular weight excluding hydrogens is 538 g/mol. The summed E-state index contributed by atoms with van der Waals surface area (Å²) in [5.41, 5.74) is 3.31. The quantitative estimate of drug-likeness (QED) is 0.297. The summed E-state index contributed by atoms with van der Waals surface area (Å²) in [6.07, 6.45) is 0. The van der Waals surface area contributed by atoms with E-state index in [0.717, 1.165) is 16.8 Å². The number of thioether (sulfide) groups is 1. The Morgan fingerprint density at radius 1 is 1.08 bits per heavy atom. The first kappa shape index (κ1) is 24.6. The van der Waals surface area contributed by atoms with Crippen molar-refractivity contribution in [2.45, 2.75) is 10.3 Å². The highest BCUT2D eigenvalue weighted by Gasteiger charge is 2.33. The van der Waals surface area contributed by atoms with Crippen LogP contribution < -0.4 is 14.4 Å². The van der Waals surface area contributed by atoms with Gasteiger partial charge in [0.1, 0.15) is 11.1 Å². The second kappa shape index (κ2) is 10.1. The predicted octanol–water partition coefficient (Wildman–Crippen LogP) is 6.05. The van der Waals surface area contributed by atoms with Gasteiger partial charge in [-0.1, -0.05) is 54.1 Å². The fourth-order valence-electron chi connectivity index (χ4n) is 3.79. The molecule has 36 heavy (non-hydrogen) atoms. The van der Waals surface area contributed by atoms with Crippen molar-refractivity contribution >= 4 is 61.4 Å². The molecule has 1 N–H and O–H groups in total. The number of carbonyl (C=O) groups is 1. The van der Waals surface area contributed by atoms with Gasteiger partial charge in [0, 0.05) is 22.7 Å². The number of nitrogens with zero attached hydrogens (tertiary/aromatic N) is 2. The van der Waals surface area contributed by atoms with E-state index in [-0.39, 0.29) is 27.1 Å². The molecule has 1 saturated heterocycles. The highest BCUT2D eigenvalue weighted by molar-refractivity contribution is 8.00. The Labute approximate surface area is 222 Å². The number of hydrogen-bond acceptors (Lipinski definition) is 7. The van der Waals surface area contributed by atoms with Gasteiger partial charge in [-0.15, -0.1) is 23.1 Å². The Morgan fingerprint density at radius 2 is 1.83 bits per heavy atom. The lowest BCUT2D eigenvalue weighted by Crippen LogP contribution is -2.27. The van der Waals surface area contributed by atoms with Crippen molar-refractivity contribution in [3.63, 3.8) is 0 Å². The third-order valence-electron chi connectivity index (χ3n) is 5.55. The first-order valence-corrected chi connectivity index (χ1v) is 14.6. The minimum Gasteiger partial charge on any atom is -0.495 e. The average molecular weight is 558 g/mol. The van der Waals surface area contributed by atoms with E-state index in [9.17, 15) is 13.2 Å². The Bertz CT molecular complexity index is 1510. The van der Waals surface area contributed by atoms with Crippen LogP contribution in [0.1, 0.15) is 10.9 Å².